The molecule has 0 aromatic carbocycles. The van der Waals surface area contributed by atoms with Gasteiger partial charge < -0.3 is 48.3 Å². The van der Waals surface area contributed by atoms with E-state index in [2.05, 4.69) is 26.6 Å². The van der Waals surface area contributed by atoms with Crippen LogP contribution in [0, 0.1) is 5.92 Å². The summed E-state index contributed by atoms with van der Waals surface area (Å²) < 4.78 is 0. The number of carboxylic acids is 1. The third kappa shape index (κ3) is 13.9. The number of amides is 5. The van der Waals surface area contributed by atoms with Gasteiger partial charge in [-0.3, -0.25) is 24.0 Å². The molecule has 0 saturated heterocycles. The zero-order valence-electron chi connectivity index (χ0n) is 22.4. The minimum Gasteiger partial charge on any atom is -0.480 e. The first kappa shape index (κ1) is 34.7. The highest BCUT2D eigenvalue weighted by Crippen LogP contribution is 2.06. The Balaban J connectivity index is 5.16. The van der Waals surface area contributed by atoms with Crippen molar-refractivity contribution in [3.8, 4) is 0 Å². The molecule has 0 radical (unpaired) electrons. The summed E-state index contributed by atoms with van der Waals surface area (Å²) in [5, 5.41) is 30.7. The summed E-state index contributed by atoms with van der Waals surface area (Å²) in [5.74, 6) is -4.88. The third-order valence-corrected chi connectivity index (χ3v) is 5.32. The molecule has 0 spiro atoms. The van der Waals surface area contributed by atoms with E-state index in [1.807, 2.05) is 0 Å². The van der Waals surface area contributed by atoms with Gasteiger partial charge in [-0.15, -0.1) is 0 Å². The molecular weight excluding hydrogens is 502 g/mol. The van der Waals surface area contributed by atoms with E-state index in [1.165, 1.54) is 13.8 Å². The summed E-state index contributed by atoms with van der Waals surface area (Å²) in [4.78, 5) is 73.1. The van der Waals surface area contributed by atoms with Crippen molar-refractivity contribution >= 4 is 35.5 Å². The first-order valence-corrected chi connectivity index (χ1v) is 12.5. The highest BCUT2D eigenvalue weighted by Gasteiger charge is 2.29. The Morgan fingerprint density at radius 1 is 0.763 bits per heavy atom. The van der Waals surface area contributed by atoms with Crippen molar-refractivity contribution in [3.63, 3.8) is 0 Å². The maximum atomic E-state index is 12.8. The summed E-state index contributed by atoms with van der Waals surface area (Å²) in [6.07, 6.45) is 1.43. The topological polar surface area (TPSA) is 255 Å². The summed E-state index contributed by atoms with van der Waals surface area (Å²) in [6.45, 7) is 5.50. The van der Waals surface area contributed by atoms with Crippen molar-refractivity contribution in [1.29, 1.82) is 0 Å². The van der Waals surface area contributed by atoms with Gasteiger partial charge in [-0.2, -0.15) is 0 Å². The highest BCUT2D eigenvalue weighted by molar-refractivity contribution is 5.95. The minimum atomic E-state index is -1.45. The molecule has 15 nitrogen and oxygen atoms in total. The van der Waals surface area contributed by atoms with E-state index in [0.29, 0.717) is 19.4 Å². The van der Waals surface area contributed by atoms with Crippen LogP contribution in [0.25, 0.3) is 0 Å². The number of carbonyl (C=O) groups is 6. The second-order valence-corrected chi connectivity index (χ2v) is 9.41. The van der Waals surface area contributed by atoms with Crippen molar-refractivity contribution in [2.75, 3.05) is 19.7 Å². The first-order valence-electron chi connectivity index (χ1n) is 12.5. The monoisotopic (exact) mass is 545 g/mol. The number of nitrogens with one attached hydrogen (secondary N) is 5. The number of aliphatic carboxylic acids is 1. The number of aliphatic hydroxyl groups excluding tert-OH is 1. The van der Waals surface area contributed by atoms with Crippen molar-refractivity contribution < 1.29 is 39.0 Å². The number of nitrogens with two attached hydrogens (primary N) is 2. The number of carboxylic acid groups (broad SMARTS) is 1. The van der Waals surface area contributed by atoms with E-state index >= 15 is 0 Å². The Labute approximate surface area is 222 Å². The van der Waals surface area contributed by atoms with Crippen LogP contribution in [0.3, 0.4) is 0 Å². The average molecular weight is 546 g/mol. The van der Waals surface area contributed by atoms with E-state index < -0.39 is 78.9 Å². The van der Waals surface area contributed by atoms with E-state index in [9.17, 15) is 39.0 Å². The van der Waals surface area contributed by atoms with Gasteiger partial charge >= 0.3 is 5.97 Å². The van der Waals surface area contributed by atoms with Crippen LogP contribution in [-0.4, -0.2) is 95.6 Å². The molecule has 0 saturated carbocycles. The Morgan fingerprint density at radius 2 is 1.34 bits per heavy atom. The SMILES string of the molecule is CC(C)C[C@H](NC(=O)[C@H](CO)NC(=O)[C@H](C)NC(=O)[C@H](CCCCN)NC(=O)CNC(=O)[C@H](C)N)C(=O)O. The van der Waals surface area contributed by atoms with Crippen molar-refractivity contribution in [3.05, 3.63) is 0 Å². The molecule has 5 atom stereocenters. The van der Waals surface area contributed by atoms with Crippen LogP contribution in [0.5, 0.6) is 0 Å². The number of rotatable bonds is 18. The maximum Gasteiger partial charge on any atom is 0.326 e. The van der Waals surface area contributed by atoms with Gasteiger partial charge in [-0.25, -0.2) is 4.79 Å². The van der Waals surface area contributed by atoms with Gasteiger partial charge in [0, 0.05) is 0 Å². The van der Waals surface area contributed by atoms with Crippen molar-refractivity contribution in [1.82, 2.24) is 26.6 Å². The standard InChI is InChI=1S/C23H43N7O8/c1-12(2)9-16(23(37)38)29-22(36)17(11-31)30-20(34)14(4)27-21(35)15(7-5-6-8-24)28-18(32)10-26-19(33)13(3)25/h12-17,31H,5-11,24-25H2,1-4H3,(H,26,33)(H,27,35)(H,28,32)(H,29,36)(H,30,34)(H,37,38)/t13-,14-,15-,16-,17-/m0/s1. The predicted molar refractivity (Wildman–Crippen MR) is 137 cm³/mol. The Hall–Kier alpha value is -3.30. The molecule has 0 bridgehead atoms. The smallest absolute Gasteiger partial charge is 0.326 e. The van der Waals surface area contributed by atoms with Gasteiger partial charge in [0.2, 0.25) is 29.5 Å². The van der Waals surface area contributed by atoms with Crippen LogP contribution in [0.15, 0.2) is 0 Å². The average Bonchev–Trinajstić information content (AvgIpc) is 2.83. The minimum absolute atomic E-state index is 0.0346. The van der Waals surface area contributed by atoms with Gasteiger partial charge in [0.15, 0.2) is 0 Å². The van der Waals surface area contributed by atoms with E-state index in [0.717, 1.165) is 0 Å². The Bertz CT molecular complexity index is 822. The van der Waals surface area contributed by atoms with Crippen molar-refractivity contribution in [2.45, 2.75) is 83.6 Å². The van der Waals surface area contributed by atoms with Crippen LogP contribution in [0.1, 0.15) is 53.4 Å². The highest BCUT2D eigenvalue weighted by atomic mass is 16.4. The summed E-state index contributed by atoms with van der Waals surface area (Å²) in [6, 6.07) is -5.70. The Kier molecular flexibility index (Phi) is 16.5. The second-order valence-electron chi connectivity index (χ2n) is 9.41. The fourth-order valence-electron chi connectivity index (χ4n) is 3.17. The van der Waals surface area contributed by atoms with Gasteiger partial charge in [-0.1, -0.05) is 13.8 Å². The molecule has 0 heterocycles. The van der Waals surface area contributed by atoms with Gasteiger partial charge in [0.25, 0.3) is 0 Å². The molecule has 0 unspecified atom stereocenters. The summed E-state index contributed by atoms with van der Waals surface area (Å²) in [5.41, 5.74) is 10.9. The van der Waals surface area contributed by atoms with Crippen LogP contribution < -0.4 is 38.1 Å². The third-order valence-electron chi connectivity index (χ3n) is 5.32. The molecule has 0 aromatic rings. The molecule has 11 N–H and O–H groups in total. The zero-order valence-corrected chi connectivity index (χ0v) is 22.4. The van der Waals surface area contributed by atoms with Gasteiger partial charge in [-0.05, 0) is 52.0 Å². The summed E-state index contributed by atoms with van der Waals surface area (Å²) >= 11 is 0. The lowest BCUT2D eigenvalue weighted by atomic mass is 10.0. The Morgan fingerprint density at radius 3 is 1.84 bits per heavy atom. The largest absolute Gasteiger partial charge is 0.480 e. The number of carbonyl (C=O) groups excluding carboxylic acids is 5. The second kappa shape index (κ2) is 18.0. The van der Waals surface area contributed by atoms with E-state index in [4.69, 9.17) is 11.5 Å². The van der Waals surface area contributed by atoms with Gasteiger partial charge in [0.1, 0.15) is 24.2 Å². The number of hydrogen-bond donors (Lipinski definition) is 9. The lowest BCUT2D eigenvalue weighted by Gasteiger charge is -2.24. The number of hydrogen-bond acceptors (Lipinski definition) is 9. The molecule has 0 aliphatic rings. The normalized spacial score (nSPS) is 14.8. The molecule has 0 rings (SSSR count). The van der Waals surface area contributed by atoms with Crippen molar-refractivity contribution in [2.24, 2.45) is 17.4 Å². The van der Waals surface area contributed by atoms with Crippen LogP contribution >= 0.6 is 0 Å². The fourth-order valence-corrected chi connectivity index (χ4v) is 3.17. The molecular formula is C23H43N7O8. The zero-order chi connectivity index (χ0) is 29.4. The number of unbranched alkanes of at least 4 members (excludes halogenated alkanes) is 1. The molecule has 218 valence electrons. The fraction of sp³-hybridized carbons (Fsp3) is 0.739. The molecule has 38 heavy (non-hydrogen) atoms. The molecule has 0 aliphatic heterocycles. The van der Waals surface area contributed by atoms with E-state index in [-0.39, 0.29) is 18.8 Å². The lowest BCUT2D eigenvalue weighted by Crippen LogP contribution is -2.58. The summed E-state index contributed by atoms with van der Waals surface area (Å²) in [7, 11) is 0. The molecule has 0 aromatic heterocycles. The van der Waals surface area contributed by atoms with E-state index in [1.54, 1.807) is 13.8 Å². The first-order chi connectivity index (χ1) is 17.7. The molecule has 0 fully saturated rings. The van der Waals surface area contributed by atoms with Crippen LogP contribution in [0.2, 0.25) is 0 Å². The maximum absolute atomic E-state index is 12.8. The molecule has 0 aliphatic carbocycles. The van der Waals surface area contributed by atoms with Crippen LogP contribution in [-0.2, 0) is 28.8 Å². The number of aliphatic hydroxyl groups is 1. The molecule has 15 heteroatoms. The van der Waals surface area contributed by atoms with Gasteiger partial charge in [0.05, 0.1) is 19.2 Å². The van der Waals surface area contributed by atoms with Crippen LogP contribution in [0.4, 0.5) is 0 Å². The quantitative estimate of drug-likeness (QED) is 0.0774. The molecule has 5 amide bonds. The lowest BCUT2D eigenvalue weighted by molar-refractivity contribution is -0.143. The predicted octanol–water partition coefficient (Wildman–Crippen LogP) is -3.34.